The van der Waals surface area contributed by atoms with E-state index in [-0.39, 0.29) is 24.3 Å². The highest BCUT2D eigenvalue weighted by Gasteiger charge is 2.47. The van der Waals surface area contributed by atoms with Gasteiger partial charge in [-0.05, 0) is 30.5 Å². The Labute approximate surface area is 170 Å². The summed E-state index contributed by atoms with van der Waals surface area (Å²) in [5, 5.41) is 10.7. The molecule has 30 heavy (non-hydrogen) atoms. The van der Waals surface area contributed by atoms with Crippen LogP contribution in [-0.2, 0) is 16.4 Å². The standard InChI is InChI=1S/C19H18F3N3O4S/c1-2-9-3-4-12(11(20)5-9)24-16-14(21)15(22)17-19(29-8-23-17)18(16)25-30(27,28)13-6-10(13)7-26/h3-5,8,10,13,24-26H,2,6-7H2,1H3. The second kappa shape index (κ2) is 7.47. The molecule has 1 aliphatic rings. The Morgan fingerprint density at radius 1 is 1.23 bits per heavy atom. The monoisotopic (exact) mass is 441 g/mol. The third-order valence-electron chi connectivity index (χ3n) is 5.10. The lowest BCUT2D eigenvalue weighted by atomic mass is 10.1. The maximum atomic E-state index is 14.9. The van der Waals surface area contributed by atoms with Gasteiger partial charge in [0.15, 0.2) is 29.1 Å². The largest absolute Gasteiger partial charge is 0.441 e. The van der Waals surface area contributed by atoms with Crippen molar-refractivity contribution in [3.05, 3.63) is 47.6 Å². The number of oxazole rings is 1. The SMILES string of the molecule is CCc1ccc(Nc2c(F)c(F)c3ncoc3c2NS(=O)(=O)C2CC2CO)c(F)c1. The highest BCUT2D eigenvalue weighted by molar-refractivity contribution is 7.93. The van der Waals surface area contributed by atoms with Crippen molar-refractivity contribution < 1.29 is 31.1 Å². The average molecular weight is 441 g/mol. The van der Waals surface area contributed by atoms with E-state index in [0.29, 0.717) is 12.0 Å². The summed E-state index contributed by atoms with van der Waals surface area (Å²) >= 11 is 0. The molecule has 0 saturated heterocycles. The molecule has 4 rings (SSSR count). The summed E-state index contributed by atoms with van der Waals surface area (Å²) in [6, 6.07) is 4.19. The van der Waals surface area contributed by atoms with Crippen molar-refractivity contribution in [1.29, 1.82) is 0 Å². The molecule has 0 radical (unpaired) electrons. The van der Waals surface area contributed by atoms with Gasteiger partial charge in [-0.1, -0.05) is 13.0 Å². The summed E-state index contributed by atoms with van der Waals surface area (Å²) in [7, 11) is -4.06. The molecule has 3 aromatic rings. The second-order valence-corrected chi connectivity index (χ2v) is 8.96. The Kier molecular flexibility index (Phi) is 5.10. The normalized spacial score (nSPS) is 18.6. The van der Waals surface area contributed by atoms with Crippen molar-refractivity contribution in [2.45, 2.75) is 25.0 Å². The molecule has 11 heteroatoms. The number of hydrogen-bond acceptors (Lipinski definition) is 6. The van der Waals surface area contributed by atoms with Gasteiger partial charge < -0.3 is 14.8 Å². The quantitative estimate of drug-likeness (QED) is 0.517. The molecular formula is C19H18F3N3O4S. The molecule has 1 fully saturated rings. The first-order chi connectivity index (χ1) is 14.3. The van der Waals surface area contributed by atoms with Crippen molar-refractivity contribution >= 4 is 38.2 Å². The fraction of sp³-hybridized carbons (Fsp3) is 0.316. The molecule has 1 saturated carbocycles. The molecule has 160 valence electrons. The van der Waals surface area contributed by atoms with E-state index in [9.17, 15) is 21.6 Å². The number of rotatable bonds is 7. The van der Waals surface area contributed by atoms with Crippen molar-refractivity contribution in [2.75, 3.05) is 16.6 Å². The minimum Gasteiger partial charge on any atom is -0.441 e. The highest BCUT2D eigenvalue weighted by Crippen LogP contribution is 2.42. The number of hydrogen-bond donors (Lipinski definition) is 3. The van der Waals surface area contributed by atoms with Gasteiger partial charge >= 0.3 is 0 Å². The van der Waals surface area contributed by atoms with Crippen LogP contribution in [0, 0.1) is 23.4 Å². The molecule has 7 nitrogen and oxygen atoms in total. The number of sulfonamides is 1. The molecule has 3 N–H and O–H groups in total. The minimum absolute atomic E-state index is 0.176. The molecule has 0 bridgehead atoms. The number of aliphatic hydroxyl groups is 1. The van der Waals surface area contributed by atoms with E-state index >= 15 is 0 Å². The Hall–Kier alpha value is -2.79. The minimum atomic E-state index is -4.06. The zero-order valence-corrected chi connectivity index (χ0v) is 16.6. The van der Waals surface area contributed by atoms with Crippen LogP contribution in [0.15, 0.2) is 29.0 Å². The smallest absolute Gasteiger partial charge is 0.236 e. The first kappa shape index (κ1) is 20.5. The molecule has 1 aromatic heterocycles. The lowest BCUT2D eigenvalue weighted by Gasteiger charge is -2.16. The second-order valence-electron chi connectivity index (χ2n) is 7.06. The van der Waals surface area contributed by atoms with Crippen LogP contribution in [0.2, 0.25) is 0 Å². The van der Waals surface area contributed by atoms with Gasteiger partial charge in [-0.3, -0.25) is 4.72 Å². The van der Waals surface area contributed by atoms with Gasteiger partial charge in [0.25, 0.3) is 0 Å². The molecular weight excluding hydrogens is 423 g/mol. The molecule has 0 amide bonds. The Morgan fingerprint density at radius 2 is 2.00 bits per heavy atom. The maximum Gasteiger partial charge on any atom is 0.236 e. The summed E-state index contributed by atoms with van der Waals surface area (Å²) in [6.07, 6.45) is 1.65. The predicted octanol–water partition coefficient (Wildman–Crippen LogP) is 3.67. The van der Waals surface area contributed by atoms with E-state index < -0.39 is 55.5 Å². The number of aliphatic hydroxyl groups excluding tert-OH is 1. The molecule has 2 unspecified atom stereocenters. The molecule has 1 aliphatic carbocycles. The Balaban J connectivity index is 1.82. The van der Waals surface area contributed by atoms with Crippen LogP contribution in [0.3, 0.4) is 0 Å². The highest BCUT2D eigenvalue weighted by atomic mass is 32.2. The van der Waals surface area contributed by atoms with Gasteiger partial charge in [0.1, 0.15) is 17.2 Å². The van der Waals surface area contributed by atoms with Crippen molar-refractivity contribution in [1.82, 2.24) is 4.98 Å². The van der Waals surface area contributed by atoms with Crippen molar-refractivity contribution in [3.63, 3.8) is 0 Å². The van der Waals surface area contributed by atoms with E-state index in [2.05, 4.69) is 15.0 Å². The lowest BCUT2D eigenvalue weighted by molar-refractivity contribution is 0.277. The van der Waals surface area contributed by atoms with Crippen LogP contribution >= 0.6 is 0 Å². The van der Waals surface area contributed by atoms with Crippen LogP contribution < -0.4 is 10.0 Å². The molecule has 0 spiro atoms. The van der Waals surface area contributed by atoms with E-state index in [1.54, 1.807) is 6.07 Å². The Morgan fingerprint density at radius 3 is 2.63 bits per heavy atom. The van der Waals surface area contributed by atoms with E-state index in [4.69, 9.17) is 9.52 Å². The zero-order valence-electron chi connectivity index (χ0n) is 15.7. The first-order valence-corrected chi connectivity index (χ1v) is 10.7. The number of aryl methyl sites for hydroxylation is 1. The van der Waals surface area contributed by atoms with Crippen molar-refractivity contribution in [3.8, 4) is 0 Å². The number of halogens is 3. The summed E-state index contributed by atoms with van der Waals surface area (Å²) in [4.78, 5) is 3.59. The van der Waals surface area contributed by atoms with Crippen LogP contribution in [0.1, 0.15) is 18.9 Å². The Bertz CT molecular complexity index is 1230. The van der Waals surface area contributed by atoms with Crippen molar-refractivity contribution in [2.24, 2.45) is 5.92 Å². The van der Waals surface area contributed by atoms with Gasteiger partial charge in [0.2, 0.25) is 10.0 Å². The molecule has 2 atom stereocenters. The third kappa shape index (κ3) is 3.47. The van der Waals surface area contributed by atoms with Gasteiger partial charge in [-0.2, -0.15) is 0 Å². The lowest BCUT2D eigenvalue weighted by Crippen LogP contribution is -2.21. The van der Waals surface area contributed by atoms with Crippen LogP contribution in [0.5, 0.6) is 0 Å². The topological polar surface area (TPSA) is 104 Å². The summed E-state index contributed by atoms with van der Waals surface area (Å²) in [5.74, 6) is -3.98. The van der Waals surface area contributed by atoms with Crippen LogP contribution in [0.25, 0.3) is 11.1 Å². The first-order valence-electron chi connectivity index (χ1n) is 9.18. The van der Waals surface area contributed by atoms with Crippen LogP contribution in [0.4, 0.5) is 30.2 Å². The zero-order chi connectivity index (χ0) is 21.6. The predicted molar refractivity (Wildman–Crippen MR) is 105 cm³/mol. The molecule has 0 aliphatic heterocycles. The van der Waals surface area contributed by atoms with E-state index in [0.717, 1.165) is 6.39 Å². The number of benzene rings is 2. The van der Waals surface area contributed by atoms with Gasteiger partial charge in [0, 0.05) is 12.5 Å². The number of anilines is 3. The molecule has 2 aromatic carbocycles. The van der Waals surface area contributed by atoms with Crippen LogP contribution in [-0.4, -0.2) is 30.4 Å². The van der Waals surface area contributed by atoms with E-state index in [1.165, 1.54) is 12.1 Å². The summed E-state index contributed by atoms with van der Waals surface area (Å²) in [5.41, 5.74) is -1.39. The summed E-state index contributed by atoms with van der Waals surface area (Å²) < 4.78 is 76.4. The molecule has 1 heterocycles. The van der Waals surface area contributed by atoms with Gasteiger partial charge in [-0.25, -0.2) is 26.6 Å². The van der Waals surface area contributed by atoms with E-state index in [1.807, 2.05) is 6.92 Å². The van der Waals surface area contributed by atoms with Gasteiger partial charge in [0.05, 0.1) is 10.9 Å². The third-order valence-corrected chi connectivity index (χ3v) is 6.96. The number of nitrogens with one attached hydrogen (secondary N) is 2. The fourth-order valence-corrected chi connectivity index (χ4v) is 4.98. The van der Waals surface area contributed by atoms with Gasteiger partial charge in [-0.15, -0.1) is 0 Å². The average Bonchev–Trinajstić information content (AvgIpc) is 3.38. The number of nitrogens with zero attached hydrogens (tertiary/aromatic N) is 1. The number of aromatic nitrogens is 1. The maximum absolute atomic E-state index is 14.9. The summed E-state index contributed by atoms with van der Waals surface area (Å²) in [6.45, 7) is 1.51. The fourth-order valence-electron chi connectivity index (χ4n) is 3.26. The number of fused-ring (bicyclic) bond motifs is 1.